The summed E-state index contributed by atoms with van der Waals surface area (Å²) in [6.07, 6.45) is 17.5. The molecule has 0 saturated heterocycles. The number of unbranched alkanes of at least 4 members (excludes halogenated alkanes) is 2. The summed E-state index contributed by atoms with van der Waals surface area (Å²) in [6, 6.07) is 37.2. The van der Waals surface area contributed by atoms with Crippen LogP contribution in [0.5, 0.6) is 17.2 Å². The number of rotatable bonds is 20. The minimum Gasteiger partial charge on any atom is -0.435 e. The molecule has 0 radical (unpaired) electrons. The van der Waals surface area contributed by atoms with Gasteiger partial charge in [0.1, 0.15) is 18.9 Å². The zero-order valence-corrected chi connectivity index (χ0v) is 39.5. The Bertz CT molecular complexity index is 2380. The number of hydrogen-bond donors (Lipinski definition) is 0. The Balaban J connectivity index is 1.13. The maximum absolute atomic E-state index is 9.23. The van der Waals surface area contributed by atoms with Crippen molar-refractivity contribution in [2.24, 2.45) is 9.99 Å². The van der Waals surface area contributed by atoms with Crippen LogP contribution in [0.1, 0.15) is 98.2 Å². The highest BCUT2D eigenvalue weighted by molar-refractivity contribution is 8.50. The molecule has 4 atom stereocenters. The van der Waals surface area contributed by atoms with Crippen LogP contribution in [-0.2, 0) is 17.2 Å². The van der Waals surface area contributed by atoms with E-state index in [-0.39, 0.29) is 5.41 Å². The Morgan fingerprint density at radius 2 is 1.25 bits per heavy atom. The fraction of sp³-hybridized carbons (Fsp3) is 0.255. The van der Waals surface area contributed by atoms with Crippen LogP contribution in [0.4, 0.5) is 0 Å². The summed E-state index contributed by atoms with van der Waals surface area (Å²) in [7, 11) is 0.0326. The van der Waals surface area contributed by atoms with Gasteiger partial charge in [0, 0.05) is 10.3 Å². The molecule has 308 valence electrons. The lowest BCUT2D eigenvalue weighted by molar-refractivity contribution is 0.414. The standard InChI is InChI=1S/C47H52N5O3P4S/c1-6-9-30-47(31-10-7-2)45-32-37(11-8-3)20-28-43(45)44-29-21-38(33-46(44)47)15-14-36-16-24-41(25-17-36)54-59(57(56)51-50-48)55-42-26-18-39(19-27-42)34-49-52(5)58(60)53-40-22-12-35(4)13-23-40/h8,11-29,32-34H,6-7,9-10,30-31,56H2,1-5H3/q+1. The van der Waals surface area contributed by atoms with Crippen LogP contribution in [0.25, 0.3) is 39.8 Å². The molecule has 0 bridgehead atoms. The molecule has 0 fully saturated rings. The minimum absolute atomic E-state index is 0.0192. The van der Waals surface area contributed by atoms with Gasteiger partial charge in [-0.05, 0) is 125 Å². The minimum atomic E-state index is -1.63. The average Bonchev–Trinajstić information content (AvgIpc) is 3.52. The summed E-state index contributed by atoms with van der Waals surface area (Å²) >= 11 is 5.54. The molecule has 0 saturated carbocycles. The second-order valence-corrected chi connectivity index (χ2v) is 23.5. The third kappa shape index (κ3) is 11.5. The molecule has 8 nitrogen and oxygen atoms in total. The average molecular weight is 891 g/mol. The van der Waals surface area contributed by atoms with Crippen molar-refractivity contribution in [2.45, 2.75) is 71.6 Å². The van der Waals surface area contributed by atoms with Gasteiger partial charge in [-0.25, -0.2) is 0 Å². The number of nitrogens with zero attached hydrogens (tertiary/aromatic N) is 5. The monoisotopic (exact) mass is 890 g/mol. The van der Waals surface area contributed by atoms with Gasteiger partial charge in [-0.1, -0.05) is 149 Å². The SMILES string of the molecule is CC=Cc1ccc2c(c1)C(CCCC)(CCCC)c1cc(C=Cc3ccc(OP(Oc4ccc(C=NN(C)[P+](=S)Oc5ccc(C)cc5)cc4)P(P)N=[N+]=[N-])cc3)ccc1-2. The first-order chi connectivity index (χ1) is 29.2. The van der Waals surface area contributed by atoms with Gasteiger partial charge in [0.05, 0.1) is 13.3 Å². The molecule has 0 amide bonds. The molecule has 0 N–H and O–H groups in total. The van der Waals surface area contributed by atoms with E-state index in [0.29, 0.717) is 11.5 Å². The summed E-state index contributed by atoms with van der Waals surface area (Å²) in [5.74, 6) is 1.94. The fourth-order valence-corrected chi connectivity index (χ4v) is 11.5. The second kappa shape index (κ2) is 21.9. The first kappa shape index (κ1) is 45.1. The molecular weight excluding hydrogens is 839 g/mol. The van der Waals surface area contributed by atoms with Crippen molar-refractivity contribution in [3.05, 3.63) is 165 Å². The van der Waals surface area contributed by atoms with E-state index >= 15 is 0 Å². The molecule has 13 heteroatoms. The van der Waals surface area contributed by atoms with Crippen LogP contribution in [-0.4, -0.2) is 18.0 Å². The van der Waals surface area contributed by atoms with E-state index in [1.54, 1.807) is 18.0 Å². The Morgan fingerprint density at radius 3 is 1.78 bits per heavy atom. The van der Waals surface area contributed by atoms with Crippen LogP contribution >= 0.6 is 31.5 Å². The lowest BCUT2D eigenvalue weighted by Gasteiger charge is -2.33. The number of aryl methyl sites for hydroxylation is 1. The zero-order valence-electron chi connectivity index (χ0n) is 34.8. The molecule has 4 unspecified atom stereocenters. The maximum atomic E-state index is 9.23. The number of azide groups is 1. The van der Waals surface area contributed by atoms with Gasteiger partial charge in [0.15, 0.2) is 5.75 Å². The largest absolute Gasteiger partial charge is 0.540 e. The molecule has 1 aliphatic rings. The van der Waals surface area contributed by atoms with Gasteiger partial charge >= 0.3 is 15.1 Å². The summed E-state index contributed by atoms with van der Waals surface area (Å²) < 4.78 is 20.2. The van der Waals surface area contributed by atoms with Crippen molar-refractivity contribution in [3.63, 3.8) is 0 Å². The molecule has 6 rings (SSSR count). The second-order valence-electron chi connectivity index (χ2n) is 14.7. The van der Waals surface area contributed by atoms with E-state index in [2.05, 4.69) is 105 Å². The van der Waals surface area contributed by atoms with E-state index < -0.39 is 22.6 Å². The molecule has 5 aromatic carbocycles. The summed E-state index contributed by atoms with van der Waals surface area (Å²) in [5.41, 5.74) is 20.5. The Labute approximate surface area is 366 Å². The van der Waals surface area contributed by atoms with Crippen molar-refractivity contribution in [3.8, 4) is 28.4 Å². The first-order valence-electron chi connectivity index (χ1n) is 20.2. The highest BCUT2D eigenvalue weighted by Gasteiger charge is 2.42. The van der Waals surface area contributed by atoms with E-state index in [4.69, 9.17) is 25.4 Å². The zero-order chi connectivity index (χ0) is 42.5. The first-order valence-corrected chi connectivity index (χ1v) is 27.2. The summed E-state index contributed by atoms with van der Waals surface area (Å²) in [6.45, 7) is 8.71. The molecule has 0 spiro atoms. The number of hydrogen-bond acceptors (Lipinski definition) is 6. The van der Waals surface area contributed by atoms with Crippen LogP contribution in [0.3, 0.4) is 0 Å². The smallest absolute Gasteiger partial charge is 0.435 e. The van der Waals surface area contributed by atoms with Gasteiger partial charge in [-0.2, -0.15) is 0 Å². The molecule has 0 aliphatic heterocycles. The van der Waals surface area contributed by atoms with Crippen molar-refractivity contribution in [2.75, 3.05) is 7.05 Å². The quantitative estimate of drug-likeness (QED) is 0.0148. The Hall–Kier alpha value is -4.43. The molecule has 60 heavy (non-hydrogen) atoms. The van der Waals surface area contributed by atoms with Gasteiger partial charge in [0.25, 0.3) is 0 Å². The van der Waals surface area contributed by atoms with Crippen LogP contribution in [0.2, 0.25) is 0 Å². The summed E-state index contributed by atoms with van der Waals surface area (Å²) in [5, 5.41) is 4.48. The predicted octanol–water partition coefficient (Wildman–Crippen LogP) is 16.1. The van der Waals surface area contributed by atoms with Gasteiger partial charge in [0.2, 0.25) is 11.8 Å². The van der Waals surface area contributed by atoms with Crippen molar-refractivity contribution in [1.29, 1.82) is 0 Å². The fourth-order valence-electron chi connectivity index (χ4n) is 7.30. The lowest BCUT2D eigenvalue weighted by atomic mass is 9.70. The summed E-state index contributed by atoms with van der Waals surface area (Å²) in [4.78, 5) is 6.96. The molecule has 5 aromatic rings. The van der Waals surface area contributed by atoms with E-state index in [1.807, 2.05) is 79.7 Å². The Morgan fingerprint density at radius 1 is 0.750 bits per heavy atom. The van der Waals surface area contributed by atoms with Gasteiger partial charge in [-0.15, -0.1) is 5.10 Å². The van der Waals surface area contributed by atoms with Crippen LogP contribution in [0.15, 0.2) is 125 Å². The number of benzene rings is 5. The molecule has 0 heterocycles. The molecule has 0 aromatic heterocycles. The third-order valence-corrected chi connectivity index (χ3v) is 17.3. The normalized spacial score (nSPS) is 14.1. The highest BCUT2D eigenvalue weighted by Crippen LogP contribution is 2.75. The van der Waals surface area contributed by atoms with Crippen molar-refractivity contribution in [1.82, 2.24) is 4.78 Å². The molecular formula is C47H52N5O3P4S+. The van der Waals surface area contributed by atoms with Gasteiger partial charge < -0.3 is 9.05 Å². The number of allylic oxidation sites excluding steroid dienone is 1. The number of fused-ring (bicyclic) bond motifs is 3. The van der Waals surface area contributed by atoms with Crippen molar-refractivity contribution < 1.29 is 13.6 Å². The predicted molar refractivity (Wildman–Crippen MR) is 264 cm³/mol. The Kier molecular flexibility index (Phi) is 16.5. The van der Waals surface area contributed by atoms with Crippen molar-refractivity contribution >= 4 is 67.8 Å². The lowest BCUT2D eigenvalue weighted by Crippen LogP contribution is -2.25. The maximum Gasteiger partial charge on any atom is 0.540 e. The van der Waals surface area contributed by atoms with E-state index in [9.17, 15) is 5.53 Å². The van der Waals surface area contributed by atoms with Gasteiger partial charge in [-0.3, -0.25) is 4.52 Å². The number of hydrazone groups is 1. The third-order valence-electron chi connectivity index (χ3n) is 10.4. The van der Waals surface area contributed by atoms with Crippen LogP contribution < -0.4 is 13.6 Å². The van der Waals surface area contributed by atoms with E-state index in [0.717, 1.165) is 35.3 Å². The topological polar surface area (TPSA) is 92.0 Å². The highest BCUT2D eigenvalue weighted by atomic mass is 32.4. The molecule has 1 aliphatic carbocycles. The van der Waals surface area contributed by atoms with Crippen LogP contribution in [0, 0.1) is 6.92 Å². The van der Waals surface area contributed by atoms with E-state index in [1.165, 1.54) is 59.1 Å².